The molecule has 5 nitrogen and oxygen atoms in total. The Morgan fingerprint density at radius 1 is 1.14 bits per heavy atom. The summed E-state index contributed by atoms with van der Waals surface area (Å²) in [5, 5.41) is 30.5. The molecule has 0 spiro atoms. The van der Waals surface area contributed by atoms with Gasteiger partial charge in [-0.2, -0.15) is 0 Å². The molecule has 4 aliphatic carbocycles. The highest BCUT2D eigenvalue weighted by Crippen LogP contribution is 2.67. The first kappa shape index (κ1) is 21.3. The van der Waals surface area contributed by atoms with Crippen LogP contribution in [0.15, 0.2) is 0 Å². The number of Topliss-reactive ketones (excluding diaryl/α,β-unsaturated/α-hetero) is 1. The molecule has 0 aromatic carbocycles. The number of hydrogen-bond donors (Lipinski definition) is 3. The summed E-state index contributed by atoms with van der Waals surface area (Å²) < 4.78 is 0. The lowest BCUT2D eigenvalue weighted by molar-refractivity contribution is -0.181. The van der Waals surface area contributed by atoms with E-state index in [0.717, 1.165) is 38.5 Å². The van der Waals surface area contributed by atoms with Crippen molar-refractivity contribution in [3.8, 4) is 0 Å². The zero-order chi connectivity index (χ0) is 21.1. The predicted molar refractivity (Wildman–Crippen MR) is 109 cm³/mol. The normalized spacial score (nSPS) is 50.4. The first-order chi connectivity index (χ1) is 13.6. The van der Waals surface area contributed by atoms with Crippen molar-refractivity contribution in [3.63, 3.8) is 0 Å². The Labute approximate surface area is 174 Å². The molecule has 29 heavy (non-hydrogen) atoms. The van der Waals surface area contributed by atoms with Crippen LogP contribution >= 0.6 is 0 Å². The molecule has 0 aromatic rings. The zero-order valence-electron chi connectivity index (χ0n) is 18.1. The van der Waals surface area contributed by atoms with Crippen molar-refractivity contribution in [2.24, 2.45) is 46.3 Å². The topological polar surface area (TPSA) is 94.8 Å². The maximum absolute atomic E-state index is 13.6. The molecule has 0 aliphatic heterocycles. The molecule has 0 amide bonds. The van der Waals surface area contributed by atoms with Gasteiger partial charge in [-0.1, -0.05) is 20.8 Å². The minimum Gasteiger partial charge on any atom is -0.481 e. The highest BCUT2D eigenvalue weighted by molar-refractivity contribution is 5.87. The third kappa shape index (κ3) is 3.18. The van der Waals surface area contributed by atoms with Gasteiger partial charge >= 0.3 is 5.97 Å². The molecule has 10 atom stereocenters. The van der Waals surface area contributed by atoms with E-state index in [4.69, 9.17) is 5.11 Å². The average molecular weight is 407 g/mol. The van der Waals surface area contributed by atoms with E-state index < -0.39 is 17.5 Å². The van der Waals surface area contributed by atoms with E-state index in [9.17, 15) is 19.8 Å². The second kappa shape index (κ2) is 7.33. The lowest BCUT2D eigenvalue weighted by Gasteiger charge is -2.61. The van der Waals surface area contributed by atoms with Crippen LogP contribution in [0.3, 0.4) is 0 Å². The van der Waals surface area contributed by atoms with Crippen molar-refractivity contribution in [2.45, 2.75) is 90.8 Å². The number of aliphatic carboxylic acids is 1. The smallest absolute Gasteiger partial charge is 0.303 e. The monoisotopic (exact) mass is 406 g/mol. The lowest BCUT2D eigenvalue weighted by Crippen LogP contribution is -2.61. The second-order valence-electron chi connectivity index (χ2n) is 11.2. The van der Waals surface area contributed by atoms with E-state index in [1.54, 1.807) is 0 Å². The van der Waals surface area contributed by atoms with E-state index in [2.05, 4.69) is 20.8 Å². The Bertz CT molecular complexity index is 676. The van der Waals surface area contributed by atoms with Gasteiger partial charge in [-0.15, -0.1) is 0 Å². The molecule has 4 saturated carbocycles. The number of carbonyl (C=O) groups excluding carboxylic acids is 1. The molecular formula is C24H38O5. The maximum atomic E-state index is 13.6. The number of aliphatic hydroxyl groups excluding tert-OH is 2. The van der Waals surface area contributed by atoms with Gasteiger partial charge in [0.1, 0.15) is 5.78 Å². The number of fused-ring (bicyclic) bond motifs is 5. The number of aliphatic hydroxyl groups is 2. The molecule has 4 rings (SSSR count). The fourth-order valence-corrected chi connectivity index (χ4v) is 8.41. The fraction of sp³-hybridized carbons (Fsp3) is 0.917. The summed E-state index contributed by atoms with van der Waals surface area (Å²) in [4.78, 5) is 24.7. The Hall–Kier alpha value is -0.940. The van der Waals surface area contributed by atoms with Crippen LogP contribution in [-0.2, 0) is 9.59 Å². The quantitative estimate of drug-likeness (QED) is 0.662. The maximum Gasteiger partial charge on any atom is 0.303 e. The minimum atomic E-state index is -0.771. The molecule has 0 bridgehead atoms. The molecule has 3 N–H and O–H groups in total. The van der Waals surface area contributed by atoms with Gasteiger partial charge in [-0.3, -0.25) is 9.59 Å². The Balaban J connectivity index is 1.62. The first-order valence-electron chi connectivity index (χ1n) is 11.7. The standard InChI is InChI=1S/C24H38O5/c1-13(4-7-21(28)29)16-5-6-17-22-18(12-20(27)24(16,17)3)23(2)9-8-15(25)10-14(23)11-19(22)26/h13-19,22,25-26H,4-12H2,1-3H3,(H,28,29)/t13-,14?,15?,16-,17+,18?,19?,22+,23+,24-/m1/s1. The summed E-state index contributed by atoms with van der Waals surface area (Å²) >= 11 is 0. The van der Waals surface area contributed by atoms with Gasteiger partial charge in [-0.05, 0) is 85.9 Å². The third-order valence-electron chi connectivity index (χ3n) is 10.1. The van der Waals surface area contributed by atoms with Crippen LogP contribution in [0.25, 0.3) is 0 Å². The van der Waals surface area contributed by atoms with Crippen molar-refractivity contribution >= 4 is 11.8 Å². The van der Waals surface area contributed by atoms with Crippen LogP contribution < -0.4 is 0 Å². The van der Waals surface area contributed by atoms with E-state index in [1.807, 2.05) is 0 Å². The zero-order valence-corrected chi connectivity index (χ0v) is 18.1. The summed E-state index contributed by atoms with van der Waals surface area (Å²) in [6, 6.07) is 0. The van der Waals surface area contributed by atoms with Crippen LogP contribution in [0.5, 0.6) is 0 Å². The van der Waals surface area contributed by atoms with Gasteiger partial charge in [0.2, 0.25) is 0 Å². The van der Waals surface area contributed by atoms with Crippen LogP contribution in [0, 0.1) is 46.3 Å². The summed E-state index contributed by atoms with van der Waals surface area (Å²) in [7, 11) is 0. The molecule has 4 unspecified atom stereocenters. The van der Waals surface area contributed by atoms with E-state index in [0.29, 0.717) is 24.5 Å². The van der Waals surface area contributed by atoms with Gasteiger partial charge < -0.3 is 15.3 Å². The number of carbonyl (C=O) groups is 2. The largest absolute Gasteiger partial charge is 0.481 e. The molecule has 164 valence electrons. The molecule has 0 radical (unpaired) electrons. The van der Waals surface area contributed by atoms with Gasteiger partial charge in [0, 0.05) is 18.3 Å². The average Bonchev–Trinajstić information content (AvgIpc) is 3.01. The molecule has 0 saturated heterocycles. The Kier molecular flexibility index (Phi) is 5.39. The fourth-order valence-electron chi connectivity index (χ4n) is 8.41. The van der Waals surface area contributed by atoms with Crippen molar-refractivity contribution in [2.75, 3.05) is 0 Å². The van der Waals surface area contributed by atoms with E-state index in [-0.39, 0.29) is 47.5 Å². The summed E-state index contributed by atoms with van der Waals surface area (Å²) in [6.45, 7) is 6.54. The predicted octanol–water partition coefficient (Wildman–Crippen LogP) is 3.66. The first-order valence-corrected chi connectivity index (χ1v) is 11.7. The second-order valence-corrected chi connectivity index (χ2v) is 11.2. The van der Waals surface area contributed by atoms with Gasteiger partial charge in [0.25, 0.3) is 0 Å². The van der Waals surface area contributed by atoms with Gasteiger partial charge in [0.15, 0.2) is 0 Å². The molecule has 0 heterocycles. The third-order valence-corrected chi connectivity index (χ3v) is 10.1. The van der Waals surface area contributed by atoms with Crippen molar-refractivity contribution in [1.29, 1.82) is 0 Å². The van der Waals surface area contributed by atoms with E-state index >= 15 is 0 Å². The lowest BCUT2D eigenvalue weighted by atomic mass is 9.43. The molecule has 5 heteroatoms. The summed E-state index contributed by atoms with van der Waals surface area (Å²) in [5.41, 5.74) is -0.398. The Morgan fingerprint density at radius 3 is 2.55 bits per heavy atom. The number of hydrogen-bond acceptors (Lipinski definition) is 4. The number of carboxylic acids is 1. The number of rotatable bonds is 4. The van der Waals surface area contributed by atoms with Crippen LogP contribution in [-0.4, -0.2) is 39.3 Å². The van der Waals surface area contributed by atoms with Crippen molar-refractivity contribution in [3.05, 3.63) is 0 Å². The van der Waals surface area contributed by atoms with Gasteiger partial charge in [0.05, 0.1) is 12.2 Å². The number of carboxylic acid groups (broad SMARTS) is 1. The molecular weight excluding hydrogens is 368 g/mol. The van der Waals surface area contributed by atoms with Gasteiger partial charge in [-0.25, -0.2) is 0 Å². The number of ketones is 1. The highest BCUT2D eigenvalue weighted by atomic mass is 16.4. The van der Waals surface area contributed by atoms with Crippen molar-refractivity contribution in [1.82, 2.24) is 0 Å². The SMILES string of the molecule is C[C@H](CCC(=O)O)[C@H]1CC[C@H]2[C@@H]3C(O)CC4CC(O)CC[C@]4(C)C3CC(=O)[C@]12C. The molecule has 4 aliphatic rings. The van der Waals surface area contributed by atoms with E-state index in [1.165, 1.54) is 0 Å². The van der Waals surface area contributed by atoms with Crippen LogP contribution in [0.1, 0.15) is 78.6 Å². The highest BCUT2D eigenvalue weighted by Gasteiger charge is 2.65. The van der Waals surface area contributed by atoms with Crippen LogP contribution in [0.2, 0.25) is 0 Å². The molecule has 0 aromatic heterocycles. The van der Waals surface area contributed by atoms with Crippen molar-refractivity contribution < 1.29 is 24.9 Å². The summed E-state index contributed by atoms with van der Waals surface area (Å²) in [5.74, 6) is 0.855. The Morgan fingerprint density at radius 2 is 1.86 bits per heavy atom. The summed E-state index contributed by atoms with van der Waals surface area (Å²) in [6.07, 6.45) is 5.82. The minimum absolute atomic E-state index is 0.0348. The van der Waals surface area contributed by atoms with Crippen LogP contribution in [0.4, 0.5) is 0 Å². The molecule has 4 fully saturated rings.